The summed E-state index contributed by atoms with van der Waals surface area (Å²) in [5.41, 5.74) is 4.20. The minimum absolute atomic E-state index is 0.00255. The lowest BCUT2D eigenvalue weighted by Gasteiger charge is -2.45. The molecule has 2 amide bonds. The zero-order valence-electron chi connectivity index (χ0n) is 24.7. The van der Waals surface area contributed by atoms with Crippen molar-refractivity contribution in [3.63, 3.8) is 0 Å². The van der Waals surface area contributed by atoms with Gasteiger partial charge in [-0.2, -0.15) is 0 Å². The van der Waals surface area contributed by atoms with E-state index in [4.69, 9.17) is 0 Å². The lowest BCUT2D eigenvalue weighted by molar-refractivity contribution is -0.135. The number of amides is 2. The van der Waals surface area contributed by atoms with Gasteiger partial charge in [-0.1, -0.05) is 75.4 Å². The van der Waals surface area contributed by atoms with Crippen LogP contribution in [0.5, 0.6) is 0 Å². The van der Waals surface area contributed by atoms with E-state index in [1.54, 1.807) is 0 Å². The SMILES string of the molecule is CN(C)C1(c2ccccc2)CCC(NC(=O)CCC(=O)N2CCN(Cc3ccc(C(C)(C)C)cc3)CC2)CC1. The Morgan fingerprint density at radius 3 is 2.08 bits per heavy atom. The summed E-state index contributed by atoms with van der Waals surface area (Å²) in [4.78, 5) is 32.2. The molecule has 1 aliphatic heterocycles. The molecule has 1 saturated carbocycles. The van der Waals surface area contributed by atoms with E-state index in [9.17, 15) is 9.59 Å². The Balaban J connectivity index is 1.16. The summed E-state index contributed by atoms with van der Waals surface area (Å²) < 4.78 is 0. The van der Waals surface area contributed by atoms with E-state index in [0.717, 1.165) is 58.4 Å². The zero-order chi connectivity index (χ0) is 28.0. The summed E-state index contributed by atoms with van der Waals surface area (Å²) in [5, 5.41) is 3.22. The Kier molecular flexibility index (Phi) is 9.50. The molecule has 0 spiro atoms. The highest BCUT2D eigenvalue weighted by atomic mass is 16.2. The van der Waals surface area contributed by atoms with E-state index < -0.39 is 0 Å². The van der Waals surface area contributed by atoms with E-state index in [1.807, 2.05) is 4.90 Å². The first-order chi connectivity index (χ1) is 18.6. The van der Waals surface area contributed by atoms with Crippen LogP contribution in [-0.2, 0) is 27.1 Å². The van der Waals surface area contributed by atoms with Gasteiger partial charge in [-0.3, -0.25) is 19.4 Å². The molecular weight excluding hydrogens is 484 g/mol. The second-order valence-electron chi connectivity index (χ2n) is 12.7. The lowest BCUT2D eigenvalue weighted by Crippen LogP contribution is -2.49. The van der Waals surface area contributed by atoms with Crippen LogP contribution in [0.4, 0.5) is 0 Å². The maximum Gasteiger partial charge on any atom is 0.223 e. The molecule has 2 aromatic rings. The Morgan fingerprint density at radius 2 is 1.51 bits per heavy atom. The largest absolute Gasteiger partial charge is 0.353 e. The molecule has 2 aliphatic rings. The average Bonchev–Trinajstić information content (AvgIpc) is 2.93. The average molecular weight is 533 g/mol. The van der Waals surface area contributed by atoms with Gasteiger partial charge in [0, 0.05) is 57.1 Å². The topological polar surface area (TPSA) is 55.9 Å². The van der Waals surface area contributed by atoms with Crippen molar-refractivity contribution in [3.8, 4) is 0 Å². The van der Waals surface area contributed by atoms with Crippen molar-refractivity contribution in [2.45, 2.75) is 82.8 Å². The molecule has 6 heteroatoms. The van der Waals surface area contributed by atoms with Crippen molar-refractivity contribution in [1.82, 2.24) is 20.0 Å². The predicted octanol–water partition coefficient (Wildman–Crippen LogP) is 4.92. The second kappa shape index (κ2) is 12.6. The monoisotopic (exact) mass is 532 g/mol. The van der Waals surface area contributed by atoms with Crippen molar-refractivity contribution in [3.05, 3.63) is 71.3 Å². The Morgan fingerprint density at radius 1 is 0.897 bits per heavy atom. The molecule has 2 fully saturated rings. The molecule has 1 N–H and O–H groups in total. The van der Waals surface area contributed by atoms with Crippen LogP contribution in [0.1, 0.15) is 76.0 Å². The minimum atomic E-state index is 0.00255. The molecule has 39 heavy (non-hydrogen) atoms. The van der Waals surface area contributed by atoms with Gasteiger partial charge in [-0.05, 0) is 61.9 Å². The quantitative estimate of drug-likeness (QED) is 0.524. The smallest absolute Gasteiger partial charge is 0.223 e. The molecule has 0 unspecified atom stereocenters. The highest BCUT2D eigenvalue weighted by Crippen LogP contribution is 2.41. The fourth-order valence-electron chi connectivity index (χ4n) is 6.18. The molecule has 6 nitrogen and oxygen atoms in total. The van der Waals surface area contributed by atoms with Gasteiger partial charge in [0.25, 0.3) is 0 Å². The van der Waals surface area contributed by atoms with E-state index >= 15 is 0 Å². The maximum atomic E-state index is 12.8. The summed E-state index contributed by atoms with van der Waals surface area (Å²) in [7, 11) is 4.31. The number of carbonyl (C=O) groups excluding carboxylic acids is 2. The van der Waals surface area contributed by atoms with Crippen molar-refractivity contribution in [1.29, 1.82) is 0 Å². The van der Waals surface area contributed by atoms with E-state index in [1.165, 1.54) is 16.7 Å². The molecule has 0 atom stereocenters. The van der Waals surface area contributed by atoms with Crippen LogP contribution in [-0.4, -0.2) is 72.8 Å². The molecule has 4 rings (SSSR count). The number of benzene rings is 2. The summed E-state index contributed by atoms with van der Waals surface area (Å²) >= 11 is 0. The van der Waals surface area contributed by atoms with E-state index in [0.29, 0.717) is 6.42 Å². The Bertz CT molecular complexity index is 1070. The van der Waals surface area contributed by atoms with Gasteiger partial charge in [-0.15, -0.1) is 0 Å². The van der Waals surface area contributed by atoms with Crippen LogP contribution in [0, 0.1) is 0 Å². The number of piperazine rings is 1. The van der Waals surface area contributed by atoms with Crippen LogP contribution in [0.3, 0.4) is 0 Å². The molecular formula is C33H48N4O2. The second-order valence-corrected chi connectivity index (χ2v) is 12.7. The van der Waals surface area contributed by atoms with Crippen molar-refractivity contribution in [2.75, 3.05) is 40.3 Å². The van der Waals surface area contributed by atoms with Gasteiger partial charge in [0.15, 0.2) is 0 Å². The third kappa shape index (κ3) is 7.49. The van der Waals surface area contributed by atoms with Gasteiger partial charge in [-0.25, -0.2) is 0 Å². The summed E-state index contributed by atoms with van der Waals surface area (Å²) in [6.45, 7) is 10.8. The van der Waals surface area contributed by atoms with E-state index in [-0.39, 0.29) is 35.2 Å². The number of hydrogen-bond donors (Lipinski definition) is 1. The summed E-state index contributed by atoms with van der Waals surface area (Å²) in [6.07, 6.45) is 4.49. The van der Waals surface area contributed by atoms with Gasteiger partial charge in [0.2, 0.25) is 11.8 Å². The molecule has 2 aromatic carbocycles. The predicted molar refractivity (Wildman–Crippen MR) is 158 cm³/mol. The van der Waals surface area contributed by atoms with Crippen molar-refractivity contribution < 1.29 is 9.59 Å². The van der Waals surface area contributed by atoms with Gasteiger partial charge in [0.05, 0.1) is 0 Å². The molecule has 1 heterocycles. The van der Waals surface area contributed by atoms with Crippen LogP contribution >= 0.6 is 0 Å². The van der Waals surface area contributed by atoms with Crippen LogP contribution in [0.25, 0.3) is 0 Å². The molecule has 0 aromatic heterocycles. The molecule has 212 valence electrons. The van der Waals surface area contributed by atoms with Crippen LogP contribution in [0.2, 0.25) is 0 Å². The number of carbonyl (C=O) groups is 2. The fourth-order valence-corrected chi connectivity index (χ4v) is 6.18. The van der Waals surface area contributed by atoms with Crippen molar-refractivity contribution in [2.24, 2.45) is 0 Å². The zero-order valence-corrected chi connectivity index (χ0v) is 24.7. The highest BCUT2D eigenvalue weighted by molar-refractivity contribution is 5.84. The van der Waals surface area contributed by atoms with Crippen LogP contribution < -0.4 is 5.32 Å². The molecule has 1 aliphatic carbocycles. The third-order valence-electron chi connectivity index (χ3n) is 8.86. The normalized spacial score (nSPS) is 22.6. The molecule has 0 radical (unpaired) electrons. The Labute approximate surface area is 235 Å². The maximum absolute atomic E-state index is 12.8. The number of hydrogen-bond acceptors (Lipinski definition) is 4. The minimum Gasteiger partial charge on any atom is -0.353 e. The van der Waals surface area contributed by atoms with Gasteiger partial charge >= 0.3 is 0 Å². The first-order valence-corrected chi connectivity index (χ1v) is 14.7. The lowest BCUT2D eigenvalue weighted by atomic mass is 9.74. The standard InChI is InChI=1S/C33H48N4O2/c1-32(2,3)27-13-11-26(12-14-27)25-36-21-23-37(24-22-36)31(39)16-15-30(38)34-29-17-19-33(20-18-29,35(4)5)28-9-7-6-8-10-28/h6-14,29H,15-25H2,1-5H3,(H,34,38). The van der Waals surface area contributed by atoms with Gasteiger partial charge < -0.3 is 10.2 Å². The van der Waals surface area contributed by atoms with E-state index in [2.05, 4.69) is 105 Å². The summed E-state index contributed by atoms with van der Waals surface area (Å²) in [5.74, 6) is 0.0985. The number of nitrogens with one attached hydrogen (secondary N) is 1. The summed E-state index contributed by atoms with van der Waals surface area (Å²) in [6, 6.07) is 19.8. The van der Waals surface area contributed by atoms with Crippen LogP contribution in [0.15, 0.2) is 54.6 Å². The molecule has 1 saturated heterocycles. The Hall–Kier alpha value is -2.70. The number of rotatable bonds is 8. The number of nitrogens with zero attached hydrogens (tertiary/aromatic N) is 3. The van der Waals surface area contributed by atoms with Crippen molar-refractivity contribution >= 4 is 11.8 Å². The first-order valence-electron chi connectivity index (χ1n) is 14.7. The first kappa shape index (κ1) is 29.3. The highest BCUT2D eigenvalue weighted by Gasteiger charge is 2.39. The van der Waals surface area contributed by atoms with Gasteiger partial charge in [0.1, 0.15) is 0 Å². The fraction of sp³-hybridized carbons (Fsp3) is 0.576. The third-order valence-corrected chi connectivity index (χ3v) is 8.86. The molecule has 0 bridgehead atoms.